The van der Waals surface area contributed by atoms with Crippen molar-refractivity contribution in [2.24, 2.45) is 0 Å². The van der Waals surface area contributed by atoms with Crippen LogP contribution in [0.4, 0.5) is 0 Å². The summed E-state index contributed by atoms with van der Waals surface area (Å²) < 4.78 is 11.6. The number of hydrogen-bond acceptors (Lipinski definition) is 3. The van der Waals surface area contributed by atoms with Crippen LogP contribution in [0.15, 0.2) is 54.6 Å². The highest BCUT2D eigenvalue weighted by atomic mass is 16.5. The highest BCUT2D eigenvalue weighted by Gasteiger charge is 2.05. The first-order valence-electron chi connectivity index (χ1n) is 6.35. The smallest absolute Gasteiger partial charge is 0.169 e. The van der Waals surface area contributed by atoms with Crippen LogP contribution in [-0.2, 0) is 0 Å². The van der Waals surface area contributed by atoms with E-state index in [1.54, 1.807) is 0 Å². The van der Waals surface area contributed by atoms with Crippen LogP contribution >= 0.6 is 0 Å². The Kier molecular flexibility index (Phi) is 4.81. The highest BCUT2D eigenvalue weighted by Crippen LogP contribution is 2.30. The largest absolute Gasteiger partial charge is 0.488 e. The van der Waals surface area contributed by atoms with Gasteiger partial charge in [-0.3, -0.25) is 0 Å². The third-order valence-electron chi connectivity index (χ3n) is 2.62. The molecule has 3 heteroatoms. The molecule has 19 heavy (non-hydrogen) atoms. The standard InChI is InChI=1S/C16H19NO2/c1-17(2)12-13-18-15-10-6-7-11-16(15)19-14-8-4-3-5-9-14/h3-11H,12-13H2,1-2H3. The van der Waals surface area contributed by atoms with Crippen molar-refractivity contribution in [1.29, 1.82) is 0 Å². The second-order valence-corrected chi connectivity index (χ2v) is 4.51. The number of likely N-dealkylation sites (N-methyl/N-ethyl adjacent to an activating group) is 1. The van der Waals surface area contributed by atoms with Gasteiger partial charge in [-0.15, -0.1) is 0 Å². The summed E-state index contributed by atoms with van der Waals surface area (Å²) in [5.74, 6) is 2.33. The molecule has 2 rings (SSSR count). The fourth-order valence-electron chi connectivity index (χ4n) is 1.61. The van der Waals surface area contributed by atoms with Crippen LogP contribution in [0.2, 0.25) is 0 Å². The third-order valence-corrected chi connectivity index (χ3v) is 2.62. The van der Waals surface area contributed by atoms with Crippen molar-refractivity contribution in [3.8, 4) is 17.2 Å². The summed E-state index contributed by atoms with van der Waals surface area (Å²) in [5.41, 5.74) is 0. The summed E-state index contributed by atoms with van der Waals surface area (Å²) >= 11 is 0. The van der Waals surface area contributed by atoms with Crippen LogP contribution in [0.5, 0.6) is 17.2 Å². The SMILES string of the molecule is CN(C)CCOc1ccccc1Oc1ccccc1. The molecule has 0 aliphatic heterocycles. The Labute approximate surface area is 114 Å². The van der Waals surface area contributed by atoms with E-state index in [1.807, 2.05) is 68.7 Å². The molecule has 0 spiro atoms. The number of rotatable bonds is 6. The van der Waals surface area contributed by atoms with Gasteiger partial charge in [0.05, 0.1) is 0 Å². The Morgan fingerprint density at radius 2 is 1.47 bits per heavy atom. The van der Waals surface area contributed by atoms with E-state index in [2.05, 4.69) is 4.90 Å². The molecule has 2 aromatic rings. The quantitative estimate of drug-likeness (QED) is 0.791. The van der Waals surface area contributed by atoms with Crippen molar-refractivity contribution in [1.82, 2.24) is 4.90 Å². The first-order chi connectivity index (χ1) is 9.25. The van der Waals surface area contributed by atoms with Crippen molar-refractivity contribution in [3.63, 3.8) is 0 Å². The van der Waals surface area contributed by atoms with E-state index in [-0.39, 0.29) is 0 Å². The molecule has 0 aliphatic carbocycles. The summed E-state index contributed by atoms with van der Waals surface area (Å²) in [5, 5.41) is 0. The molecule has 0 unspecified atom stereocenters. The van der Waals surface area contributed by atoms with Crippen LogP contribution < -0.4 is 9.47 Å². The fraction of sp³-hybridized carbons (Fsp3) is 0.250. The molecule has 0 radical (unpaired) electrons. The van der Waals surface area contributed by atoms with Crippen molar-refractivity contribution < 1.29 is 9.47 Å². The average Bonchev–Trinajstić information content (AvgIpc) is 2.41. The van der Waals surface area contributed by atoms with Crippen molar-refractivity contribution in [2.75, 3.05) is 27.2 Å². The molecule has 100 valence electrons. The van der Waals surface area contributed by atoms with Crippen LogP contribution in [0, 0.1) is 0 Å². The van der Waals surface area contributed by atoms with Gasteiger partial charge >= 0.3 is 0 Å². The minimum atomic E-state index is 0.641. The van der Waals surface area contributed by atoms with Gasteiger partial charge < -0.3 is 14.4 Å². The molecule has 0 bridgehead atoms. The molecule has 3 nitrogen and oxygen atoms in total. The zero-order chi connectivity index (χ0) is 13.5. The summed E-state index contributed by atoms with van der Waals surface area (Å²) in [6, 6.07) is 17.4. The Morgan fingerprint density at radius 3 is 2.16 bits per heavy atom. The maximum Gasteiger partial charge on any atom is 0.169 e. The second-order valence-electron chi connectivity index (χ2n) is 4.51. The maximum absolute atomic E-state index is 5.83. The van der Waals surface area contributed by atoms with Crippen molar-refractivity contribution in [2.45, 2.75) is 0 Å². The van der Waals surface area contributed by atoms with Gasteiger partial charge in [0.2, 0.25) is 0 Å². The molecular weight excluding hydrogens is 238 g/mol. The lowest BCUT2D eigenvalue weighted by Crippen LogP contribution is -2.19. The number of ether oxygens (including phenoxy) is 2. The van der Waals surface area contributed by atoms with Crippen molar-refractivity contribution in [3.05, 3.63) is 54.6 Å². The monoisotopic (exact) mass is 257 g/mol. The van der Waals surface area contributed by atoms with Gasteiger partial charge in [-0.2, -0.15) is 0 Å². The zero-order valence-corrected chi connectivity index (χ0v) is 11.4. The Hall–Kier alpha value is -2.00. The molecule has 0 N–H and O–H groups in total. The first kappa shape index (κ1) is 13.4. The van der Waals surface area contributed by atoms with Gasteiger partial charge in [-0.25, -0.2) is 0 Å². The Morgan fingerprint density at radius 1 is 0.842 bits per heavy atom. The molecule has 2 aromatic carbocycles. The van der Waals surface area contributed by atoms with Crippen LogP contribution in [0.1, 0.15) is 0 Å². The first-order valence-corrected chi connectivity index (χ1v) is 6.35. The highest BCUT2D eigenvalue weighted by molar-refractivity contribution is 5.42. The van der Waals surface area contributed by atoms with Gasteiger partial charge in [0.25, 0.3) is 0 Å². The summed E-state index contributed by atoms with van der Waals surface area (Å²) in [6.45, 7) is 1.52. The number of hydrogen-bond donors (Lipinski definition) is 0. The van der Waals surface area contributed by atoms with Gasteiger partial charge in [-0.05, 0) is 38.4 Å². The predicted molar refractivity (Wildman–Crippen MR) is 77.0 cm³/mol. The van der Waals surface area contributed by atoms with E-state index in [1.165, 1.54) is 0 Å². The van der Waals surface area contributed by atoms with E-state index in [4.69, 9.17) is 9.47 Å². The van der Waals surface area contributed by atoms with Crippen LogP contribution in [0.25, 0.3) is 0 Å². The zero-order valence-electron chi connectivity index (χ0n) is 11.4. The van der Waals surface area contributed by atoms with Gasteiger partial charge in [0.1, 0.15) is 12.4 Å². The van der Waals surface area contributed by atoms with Crippen LogP contribution in [0.3, 0.4) is 0 Å². The Bertz CT molecular complexity index is 497. The summed E-state index contributed by atoms with van der Waals surface area (Å²) in [6.07, 6.45) is 0. The molecule has 0 fully saturated rings. The third kappa shape index (κ3) is 4.30. The number of benzene rings is 2. The predicted octanol–water partition coefficient (Wildman–Crippen LogP) is 3.42. The second kappa shape index (κ2) is 6.81. The molecule has 0 aromatic heterocycles. The van der Waals surface area contributed by atoms with E-state index >= 15 is 0 Å². The number of nitrogens with zero attached hydrogens (tertiary/aromatic N) is 1. The minimum Gasteiger partial charge on any atom is -0.488 e. The lowest BCUT2D eigenvalue weighted by Gasteiger charge is -2.14. The van der Waals surface area contributed by atoms with Gasteiger partial charge in [-0.1, -0.05) is 30.3 Å². The average molecular weight is 257 g/mol. The minimum absolute atomic E-state index is 0.641. The lowest BCUT2D eigenvalue weighted by atomic mass is 10.3. The van der Waals surface area contributed by atoms with E-state index in [0.717, 1.165) is 23.8 Å². The topological polar surface area (TPSA) is 21.7 Å². The fourth-order valence-corrected chi connectivity index (χ4v) is 1.61. The lowest BCUT2D eigenvalue weighted by molar-refractivity contribution is 0.254. The molecule has 0 saturated heterocycles. The summed E-state index contributed by atoms with van der Waals surface area (Å²) in [7, 11) is 4.05. The molecule has 0 saturated carbocycles. The molecular formula is C16H19NO2. The molecule has 0 amide bonds. The van der Waals surface area contributed by atoms with E-state index in [0.29, 0.717) is 6.61 Å². The van der Waals surface area contributed by atoms with Gasteiger partial charge in [0.15, 0.2) is 11.5 Å². The number of para-hydroxylation sites is 3. The van der Waals surface area contributed by atoms with Crippen molar-refractivity contribution >= 4 is 0 Å². The Balaban J connectivity index is 2.04. The van der Waals surface area contributed by atoms with E-state index in [9.17, 15) is 0 Å². The molecule has 0 atom stereocenters. The van der Waals surface area contributed by atoms with Crippen LogP contribution in [-0.4, -0.2) is 32.1 Å². The molecule has 0 heterocycles. The van der Waals surface area contributed by atoms with E-state index < -0.39 is 0 Å². The van der Waals surface area contributed by atoms with Gasteiger partial charge in [0, 0.05) is 6.54 Å². The molecule has 0 aliphatic rings. The summed E-state index contributed by atoms with van der Waals surface area (Å²) in [4.78, 5) is 2.08. The normalized spacial score (nSPS) is 10.5. The maximum atomic E-state index is 5.83.